The number of piperidine rings is 1. The van der Waals surface area contributed by atoms with Crippen LogP contribution in [0.3, 0.4) is 0 Å². The van der Waals surface area contributed by atoms with Crippen LogP contribution in [0.1, 0.15) is 68.9 Å². The Kier molecular flexibility index (Phi) is 6.87. The van der Waals surface area contributed by atoms with E-state index in [0.717, 1.165) is 36.9 Å². The minimum atomic E-state index is -0.960. The van der Waals surface area contributed by atoms with Gasteiger partial charge in [-0.15, -0.1) is 0 Å². The lowest BCUT2D eigenvalue weighted by atomic mass is 9.51. The second kappa shape index (κ2) is 9.96. The number of benzene rings is 1. The molecule has 0 aromatic heterocycles. The minimum absolute atomic E-state index is 0.0104. The van der Waals surface area contributed by atoms with Crippen LogP contribution in [-0.2, 0) is 35.8 Å². The zero-order chi connectivity index (χ0) is 26.3. The first-order valence-electron chi connectivity index (χ1n) is 13.1. The molecule has 2 aliphatic carbocycles. The molecule has 1 saturated carbocycles. The molecule has 10 nitrogen and oxygen atoms in total. The van der Waals surface area contributed by atoms with Gasteiger partial charge in [0.05, 0.1) is 0 Å². The Labute approximate surface area is 214 Å². The Hall–Kier alpha value is -3.14. The molecule has 0 radical (unpaired) electrons. The maximum atomic E-state index is 12.6. The fourth-order valence-corrected chi connectivity index (χ4v) is 7.05. The summed E-state index contributed by atoms with van der Waals surface area (Å²) in [5, 5.41) is 17.7. The largest absolute Gasteiger partial charge is 0.481 e. The molecule has 5 atom stereocenters. The lowest BCUT2D eigenvalue weighted by Crippen LogP contribution is -2.66. The SMILES string of the molecule is CN1CCC23c4c5ccc(OC(=O)CCCC(=O)O)c4O[C@H]2[C@@H](OC(=O)CCCC(=O)O)CC[C@H]3[C@H]1C5. The third-order valence-corrected chi connectivity index (χ3v) is 8.57. The molecule has 1 spiro atoms. The molecule has 2 bridgehead atoms. The molecule has 1 aromatic rings. The molecule has 2 aliphatic heterocycles. The Balaban J connectivity index is 1.42. The van der Waals surface area contributed by atoms with Gasteiger partial charge in [0.2, 0.25) is 0 Å². The highest BCUT2D eigenvalue weighted by Gasteiger charge is 2.66. The summed E-state index contributed by atoms with van der Waals surface area (Å²) < 4.78 is 18.2. The lowest BCUT2D eigenvalue weighted by molar-refractivity contribution is -0.166. The van der Waals surface area contributed by atoms with E-state index in [2.05, 4.69) is 11.9 Å². The van der Waals surface area contributed by atoms with Gasteiger partial charge in [-0.2, -0.15) is 0 Å². The summed E-state index contributed by atoms with van der Waals surface area (Å²) in [6.07, 6.45) is 2.59. The van der Waals surface area contributed by atoms with Crippen molar-refractivity contribution in [1.82, 2.24) is 4.90 Å². The summed E-state index contributed by atoms with van der Waals surface area (Å²) in [7, 11) is 2.15. The molecule has 1 aromatic carbocycles. The van der Waals surface area contributed by atoms with E-state index in [4.69, 9.17) is 24.4 Å². The molecule has 2 N–H and O–H groups in total. The van der Waals surface area contributed by atoms with Gasteiger partial charge in [-0.05, 0) is 69.7 Å². The Morgan fingerprint density at radius 2 is 1.73 bits per heavy atom. The Bertz CT molecular complexity index is 1120. The highest BCUT2D eigenvalue weighted by Crippen LogP contribution is 2.64. The fraction of sp³-hybridized carbons (Fsp3) is 0.630. The van der Waals surface area contributed by atoms with Gasteiger partial charge in [-0.25, -0.2) is 0 Å². The summed E-state index contributed by atoms with van der Waals surface area (Å²) >= 11 is 0. The van der Waals surface area contributed by atoms with Crippen LogP contribution in [0.15, 0.2) is 12.1 Å². The molecule has 1 saturated heterocycles. The molecular weight excluding hydrogens is 482 g/mol. The molecular formula is C27H33NO9. The number of ether oxygens (including phenoxy) is 3. The lowest BCUT2D eigenvalue weighted by Gasteiger charge is -2.58. The van der Waals surface area contributed by atoms with E-state index in [1.165, 1.54) is 0 Å². The van der Waals surface area contributed by atoms with Crippen LogP contribution in [-0.4, -0.2) is 70.8 Å². The van der Waals surface area contributed by atoms with Crippen molar-refractivity contribution in [2.45, 2.75) is 87.9 Å². The molecule has 2 fully saturated rings. The number of hydrogen-bond acceptors (Lipinski definition) is 8. The smallest absolute Gasteiger partial charge is 0.311 e. The van der Waals surface area contributed by atoms with Crippen LogP contribution >= 0.6 is 0 Å². The van der Waals surface area contributed by atoms with E-state index in [-0.39, 0.29) is 43.9 Å². The summed E-state index contributed by atoms with van der Waals surface area (Å²) in [5.74, 6) is -1.67. The fourth-order valence-electron chi connectivity index (χ4n) is 7.05. The number of nitrogens with zero attached hydrogens (tertiary/aromatic N) is 1. The average Bonchev–Trinajstić information content (AvgIpc) is 3.18. The van der Waals surface area contributed by atoms with Gasteiger partial charge in [0.25, 0.3) is 0 Å². The maximum Gasteiger partial charge on any atom is 0.311 e. The van der Waals surface area contributed by atoms with Crippen LogP contribution in [0.2, 0.25) is 0 Å². The monoisotopic (exact) mass is 515 g/mol. The third-order valence-electron chi connectivity index (χ3n) is 8.57. The molecule has 1 unspecified atom stereocenters. The predicted octanol–water partition coefficient (Wildman–Crippen LogP) is 2.68. The van der Waals surface area contributed by atoms with Gasteiger partial charge in [0.1, 0.15) is 12.2 Å². The number of carbonyl (C=O) groups excluding carboxylic acids is 2. The summed E-state index contributed by atoms with van der Waals surface area (Å²) in [4.78, 5) is 49.1. The quantitative estimate of drug-likeness (QED) is 0.353. The Morgan fingerprint density at radius 3 is 2.43 bits per heavy atom. The second-order valence-electron chi connectivity index (χ2n) is 10.7. The molecule has 5 rings (SSSR count). The van der Waals surface area contributed by atoms with Crippen LogP contribution < -0.4 is 9.47 Å². The predicted molar refractivity (Wildman–Crippen MR) is 128 cm³/mol. The molecule has 200 valence electrons. The topological polar surface area (TPSA) is 140 Å². The summed E-state index contributed by atoms with van der Waals surface area (Å²) in [6, 6.07) is 4.09. The van der Waals surface area contributed by atoms with Crippen molar-refractivity contribution in [2.75, 3.05) is 13.6 Å². The number of carbonyl (C=O) groups is 4. The van der Waals surface area contributed by atoms with Crippen molar-refractivity contribution in [3.05, 3.63) is 23.3 Å². The molecule has 0 amide bonds. The first-order chi connectivity index (χ1) is 17.7. The standard InChI is InChI=1S/C27H33NO9/c1-28-13-12-27-16-9-11-19(36-23(34)7-3-5-21(31)32)26(27)37-25-18(35-22(33)6-2-4-20(29)30)10-8-15(24(25)27)14-17(16)28/h8,10,16-17,19,26H,2-7,9,11-14H2,1H3,(H,29,30)(H,31,32)/t16-,17+,19-,26-,27?/m0/s1. The number of rotatable bonds is 10. The van der Waals surface area contributed by atoms with Crippen molar-refractivity contribution < 1.29 is 43.6 Å². The van der Waals surface area contributed by atoms with Crippen LogP contribution in [0, 0.1) is 5.92 Å². The van der Waals surface area contributed by atoms with Gasteiger partial charge in [0, 0.05) is 42.7 Å². The third kappa shape index (κ3) is 4.56. The number of carboxylic acid groups (broad SMARTS) is 2. The van der Waals surface area contributed by atoms with E-state index in [9.17, 15) is 19.2 Å². The molecule has 4 aliphatic rings. The first-order valence-corrected chi connectivity index (χ1v) is 13.1. The van der Waals surface area contributed by atoms with Crippen molar-refractivity contribution in [3.63, 3.8) is 0 Å². The van der Waals surface area contributed by atoms with Crippen molar-refractivity contribution in [1.29, 1.82) is 0 Å². The molecule has 10 heteroatoms. The van der Waals surface area contributed by atoms with Gasteiger partial charge >= 0.3 is 23.9 Å². The Morgan fingerprint density at radius 1 is 1.03 bits per heavy atom. The van der Waals surface area contributed by atoms with Gasteiger partial charge in [0.15, 0.2) is 11.5 Å². The minimum Gasteiger partial charge on any atom is -0.481 e. The molecule has 2 heterocycles. The van der Waals surface area contributed by atoms with Gasteiger partial charge in [-0.1, -0.05) is 6.07 Å². The van der Waals surface area contributed by atoms with Crippen molar-refractivity contribution >= 4 is 23.9 Å². The average molecular weight is 516 g/mol. The zero-order valence-electron chi connectivity index (χ0n) is 20.9. The number of hydrogen-bond donors (Lipinski definition) is 2. The number of carboxylic acids is 2. The van der Waals surface area contributed by atoms with E-state index in [1.54, 1.807) is 6.07 Å². The first kappa shape index (κ1) is 25.5. The second-order valence-corrected chi connectivity index (χ2v) is 10.7. The van der Waals surface area contributed by atoms with E-state index in [0.29, 0.717) is 29.9 Å². The van der Waals surface area contributed by atoms with Crippen LogP contribution in [0.5, 0.6) is 11.5 Å². The highest BCUT2D eigenvalue weighted by atomic mass is 16.6. The van der Waals surface area contributed by atoms with Crippen molar-refractivity contribution in [2.24, 2.45) is 5.92 Å². The highest BCUT2D eigenvalue weighted by molar-refractivity contribution is 5.76. The van der Waals surface area contributed by atoms with Gasteiger partial charge < -0.3 is 29.3 Å². The number of likely N-dealkylation sites (N-methyl/N-ethyl adjacent to an activating group) is 1. The van der Waals surface area contributed by atoms with E-state index >= 15 is 0 Å². The van der Waals surface area contributed by atoms with Crippen molar-refractivity contribution in [3.8, 4) is 11.5 Å². The number of likely N-dealkylation sites (tertiary alicyclic amines) is 1. The van der Waals surface area contributed by atoms with Crippen LogP contribution in [0.25, 0.3) is 0 Å². The normalized spacial score (nSPS) is 29.1. The maximum absolute atomic E-state index is 12.6. The number of esters is 2. The molecule has 37 heavy (non-hydrogen) atoms. The van der Waals surface area contributed by atoms with E-state index in [1.807, 2.05) is 6.07 Å². The van der Waals surface area contributed by atoms with Gasteiger partial charge in [-0.3, -0.25) is 19.2 Å². The summed E-state index contributed by atoms with van der Waals surface area (Å²) in [5.41, 5.74) is 1.87. The van der Waals surface area contributed by atoms with Crippen LogP contribution in [0.4, 0.5) is 0 Å². The number of aliphatic carboxylic acids is 2. The zero-order valence-corrected chi connectivity index (χ0v) is 20.9. The van der Waals surface area contributed by atoms with E-state index < -0.39 is 36.1 Å². The summed E-state index contributed by atoms with van der Waals surface area (Å²) in [6.45, 7) is 0.873.